The molecule has 0 aliphatic rings. The van der Waals surface area contributed by atoms with Gasteiger partial charge >= 0.3 is 0 Å². The summed E-state index contributed by atoms with van der Waals surface area (Å²) in [5.74, 6) is 0.309. The third kappa shape index (κ3) is 2.90. The van der Waals surface area contributed by atoms with Gasteiger partial charge in [0.1, 0.15) is 5.75 Å². The summed E-state index contributed by atoms with van der Waals surface area (Å²) in [6.45, 7) is 0. The summed E-state index contributed by atoms with van der Waals surface area (Å²) in [5, 5.41) is 27.9. The summed E-state index contributed by atoms with van der Waals surface area (Å²) in [6.07, 6.45) is 1.64. The van der Waals surface area contributed by atoms with Crippen LogP contribution in [0.15, 0.2) is 42.5 Å². The quantitative estimate of drug-likeness (QED) is 0.509. The van der Waals surface area contributed by atoms with Crippen LogP contribution in [0.25, 0.3) is 11.6 Å². The van der Waals surface area contributed by atoms with Crippen molar-refractivity contribution in [1.29, 1.82) is 5.26 Å². The number of benzene rings is 2. The number of ether oxygens (including phenoxy) is 1. The molecule has 0 atom stereocenters. The highest BCUT2D eigenvalue weighted by atomic mass is 16.5. The predicted octanol–water partition coefficient (Wildman–Crippen LogP) is 3.17. The SMILES string of the molecule is COc1ccc(/C(C#N)=C/c2ccc(O)c(O)c2)cc1. The third-order valence-electron chi connectivity index (χ3n) is 2.83. The number of rotatable bonds is 3. The highest BCUT2D eigenvalue weighted by Gasteiger charge is 2.04. The van der Waals surface area contributed by atoms with Crippen molar-refractivity contribution in [2.75, 3.05) is 7.11 Å². The van der Waals surface area contributed by atoms with E-state index in [0.29, 0.717) is 16.9 Å². The van der Waals surface area contributed by atoms with E-state index in [1.54, 1.807) is 43.5 Å². The number of phenolic OH excluding ortho intramolecular Hbond substituents is 2. The molecular weight excluding hydrogens is 254 g/mol. The van der Waals surface area contributed by atoms with Gasteiger partial charge in [0.2, 0.25) is 0 Å². The molecule has 2 aromatic rings. The van der Waals surface area contributed by atoms with Gasteiger partial charge in [0.25, 0.3) is 0 Å². The number of phenols is 2. The fourth-order valence-corrected chi connectivity index (χ4v) is 1.75. The summed E-state index contributed by atoms with van der Waals surface area (Å²) >= 11 is 0. The van der Waals surface area contributed by atoms with Crippen LogP contribution in [0.1, 0.15) is 11.1 Å². The van der Waals surface area contributed by atoms with Gasteiger partial charge in [-0.1, -0.05) is 6.07 Å². The van der Waals surface area contributed by atoms with Crippen LogP contribution in [-0.2, 0) is 0 Å². The molecule has 100 valence electrons. The number of methoxy groups -OCH3 is 1. The Morgan fingerprint density at radius 3 is 2.35 bits per heavy atom. The highest BCUT2D eigenvalue weighted by molar-refractivity contribution is 5.89. The first kappa shape index (κ1) is 13.5. The number of hydrogen-bond acceptors (Lipinski definition) is 4. The molecule has 0 aliphatic carbocycles. The molecule has 0 saturated carbocycles. The largest absolute Gasteiger partial charge is 0.504 e. The molecule has 0 aromatic heterocycles. The number of nitriles is 1. The maximum atomic E-state index is 9.45. The highest BCUT2D eigenvalue weighted by Crippen LogP contribution is 2.27. The van der Waals surface area contributed by atoms with Crippen molar-refractivity contribution < 1.29 is 14.9 Å². The third-order valence-corrected chi connectivity index (χ3v) is 2.83. The molecule has 4 heteroatoms. The molecule has 0 unspecified atom stereocenters. The molecular formula is C16H13NO3. The van der Waals surface area contributed by atoms with Crippen molar-refractivity contribution in [3.63, 3.8) is 0 Å². The van der Waals surface area contributed by atoms with Crippen LogP contribution in [0.2, 0.25) is 0 Å². The van der Waals surface area contributed by atoms with Crippen molar-refractivity contribution in [3.8, 4) is 23.3 Å². The van der Waals surface area contributed by atoms with Crippen LogP contribution >= 0.6 is 0 Å². The molecule has 0 bridgehead atoms. The Bertz CT molecular complexity index is 682. The molecule has 4 nitrogen and oxygen atoms in total. The van der Waals surface area contributed by atoms with E-state index in [9.17, 15) is 15.5 Å². The summed E-state index contributed by atoms with van der Waals surface area (Å²) < 4.78 is 5.07. The maximum Gasteiger partial charge on any atom is 0.157 e. The molecule has 2 N–H and O–H groups in total. The van der Waals surface area contributed by atoms with Crippen LogP contribution in [-0.4, -0.2) is 17.3 Å². The first-order chi connectivity index (χ1) is 9.63. The second-order valence-corrected chi connectivity index (χ2v) is 4.15. The molecule has 0 amide bonds. The molecule has 0 aliphatic heterocycles. The number of hydrogen-bond donors (Lipinski definition) is 2. The van der Waals surface area contributed by atoms with Gasteiger partial charge in [-0.2, -0.15) is 5.26 Å². The zero-order chi connectivity index (χ0) is 14.5. The van der Waals surface area contributed by atoms with Crippen molar-refractivity contribution >= 4 is 11.6 Å². The van der Waals surface area contributed by atoms with Crippen LogP contribution in [0, 0.1) is 11.3 Å². The minimum atomic E-state index is -0.217. The van der Waals surface area contributed by atoms with Gasteiger partial charge in [0.15, 0.2) is 11.5 Å². The van der Waals surface area contributed by atoms with Gasteiger partial charge in [0.05, 0.1) is 18.8 Å². The smallest absolute Gasteiger partial charge is 0.157 e. The Labute approximate surface area is 116 Å². The van der Waals surface area contributed by atoms with Gasteiger partial charge in [0, 0.05) is 0 Å². The first-order valence-corrected chi connectivity index (χ1v) is 5.92. The summed E-state index contributed by atoms with van der Waals surface area (Å²) in [4.78, 5) is 0. The van der Waals surface area contributed by atoms with Crippen LogP contribution < -0.4 is 4.74 Å². The maximum absolute atomic E-state index is 9.45. The van der Waals surface area contributed by atoms with Crippen molar-refractivity contribution in [2.24, 2.45) is 0 Å². The van der Waals surface area contributed by atoms with Crippen molar-refractivity contribution in [1.82, 2.24) is 0 Å². The lowest BCUT2D eigenvalue weighted by Crippen LogP contribution is -1.85. The lowest BCUT2D eigenvalue weighted by molar-refractivity contribution is 0.403. The zero-order valence-electron chi connectivity index (χ0n) is 10.9. The van der Waals surface area contributed by atoms with E-state index in [2.05, 4.69) is 6.07 Å². The van der Waals surface area contributed by atoms with Crippen LogP contribution in [0.5, 0.6) is 17.2 Å². The van der Waals surface area contributed by atoms with E-state index >= 15 is 0 Å². The molecule has 2 rings (SSSR count). The Morgan fingerprint density at radius 2 is 1.80 bits per heavy atom. The standard InChI is InChI=1S/C16H13NO3/c1-20-14-5-3-12(4-6-14)13(10-17)8-11-2-7-15(18)16(19)9-11/h2-9,18-19H,1H3/b13-8+. The summed E-state index contributed by atoms with van der Waals surface area (Å²) in [6, 6.07) is 13.6. The van der Waals surface area contributed by atoms with Gasteiger partial charge in [-0.15, -0.1) is 0 Å². The molecule has 0 fully saturated rings. The van der Waals surface area contributed by atoms with Gasteiger partial charge in [-0.3, -0.25) is 0 Å². The first-order valence-electron chi connectivity index (χ1n) is 5.92. The van der Waals surface area contributed by atoms with E-state index in [0.717, 1.165) is 5.56 Å². The van der Waals surface area contributed by atoms with E-state index in [1.807, 2.05) is 0 Å². The van der Waals surface area contributed by atoms with Gasteiger partial charge in [-0.05, 0) is 53.6 Å². The summed E-state index contributed by atoms with van der Waals surface area (Å²) in [7, 11) is 1.58. The van der Waals surface area contributed by atoms with Crippen LogP contribution in [0.3, 0.4) is 0 Å². The summed E-state index contributed by atoms with van der Waals surface area (Å²) in [5.41, 5.74) is 1.84. The Kier molecular flexibility index (Phi) is 3.92. The van der Waals surface area contributed by atoms with Crippen molar-refractivity contribution in [2.45, 2.75) is 0 Å². The average Bonchev–Trinajstić information content (AvgIpc) is 2.48. The topological polar surface area (TPSA) is 73.5 Å². The predicted molar refractivity (Wildman–Crippen MR) is 76.2 cm³/mol. The lowest BCUT2D eigenvalue weighted by atomic mass is 10.0. The van der Waals surface area contributed by atoms with Crippen molar-refractivity contribution in [3.05, 3.63) is 53.6 Å². The number of nitrogens with zero attached hydrogens (tertiary/aromatic N) is 1. The minimum Gasteiger partial charge on any atom is -0.504 e. The molecule has 2 aromatic carbocycles. The second-order valence-electron chi connectivity index (χ2n) is 4.15. The Balaban J connectivity index is 2.37. The number of aromatic hydroxyl groups is 2. The van der Waals surface area contributed by atoms with E-state index in [-0.39, 0.29) is 11.5 Å². The van der Waals surface area contributed by atoms with E-state index < -0.39 is 0 Å². The van der Waals surface area contributed by atoms with E-state index in [4.69, 9.17) is 4.74 Å². The monoisotopic (exact) mass is 267 g/mol. The fraction of sp³-hybridized carbons (Fsp3) is 0.0625. The van der Waals surface area contributed by atoms with Gasteiger partial charge in [-0.25, -0.2) is 0 Å². The average molecular weight is 267 g/mol. The molecule has 20 heavy (non-hydrogen) atoms. The fourth-order valence-electron chi connectivity index (χ4n) is 1.75. The molecule has 0 radical (unpaired) electrons. The Morgan fingerprint density at radius 1 is 1.10 bits per heavy atom. The minimum absolute atomic E-state index is 0.190. The number of allylic oxidation sites excluding steroid dienone is 1. The molecule has 0 spiro atoms. The molecule has 0 heterocycles. The van der Waals surface area contributed by atoms with E-state index in [1.165, 1.54) is 12.1 Å². The molecule has 0 saturated heterocycles. The normalized spacial score (nSPS) is 10.9. The van der Waals surface area contributed by atoms with Gasteiger partial charge < -0.3 is 14.9 Å². The lowest BCUT2D eigenvalue weighted by Gasteiger charge is -2.03. The van der Waals surface area contributed by atoms with Crippen LogP contribution in [0.4, 0.5) is 0 Å². The zero-order valence-corrected chi connectivity index (χ0v) is 10.9. The Hall–Kier alpha value is -2.93. The second kappa shape index (κ2) is 5.81.